The highest BCUT2D eigenvalue weighted by Crippen LogP contribution is 2.31. The molecule has 0 radical (unpaired) electrons. The number of benzene rings is 2. The van der Waals surface area contributed by atoms with E-state index in [1.54, 1.807) is 22.2 Å². The summed E-state index contributed by atoms with van der Waals surface area (Å²) in [5.41, 5.74) is 0.515. The van der Waals surface area contributed by atoms with Crippen LogP contribution < -0.4 is 10.0 Å². The van der Waals surface area contributed by atoms with E-state index < -0.39 is 75.0 Å². The maximum Gasteiger partial charge on any atom is 0.471 e. The molecule has 3 rings (SSSR count). The van der Waals surface area contributed by atoms with Crippen LogP contribution in [-0.2, 0) is 54.8 Å². The van der Waals surface area contributed by atoms with Gasteiger partial charge < -0.3 is 29.3 Å². The summed E-state index contributed by atoms with van der Waals surface area (Å²) >= 11 is 0. The summed E-state index contributed by atoms with van der Waals surface area (Å²) in [5, 5.41) is 1.61. The van der Waals surface area contributed by atoms with Crippen molar-refractivity contribution in [2.45, 2.75) is 109 Å². The molecule has 14 nitrogen and oxygen atoms in total. The van der Waals surface area contributed by atoms with E-state index >= 15 is 0 Å². The van der Waals surface area contributed by atoms with Crippen LogP contribution in [-0.4, -0.2) is 106 Å². The summed E-state index contributed by atoms with van der Waals surface area (Å²) < 4.78 is 83.1. The third-order valence-electron chi connectivity index (χ3n) is 10.9. The maximum absolute atomic E-state index is 14.1. The van der Waals surface area contributed by atoms with E-state index in [0.717, 1.165) is 29.8 Å². The fraction of sp³-hybridized carbons (Fsp3) is 0.585. The zero-order valence-corrected chi connectivity index (χ0v) is 35.6. The third-order valence-corrected chi connectivity index (χ3v) is 12.3. The molecule has 4 amide bonds. The molecule has 0 unspecified atom stereocenters. The average Bonchev–Trinajstić information content (AvgIpc) is 3.68. The Morgan fingerprint density at radius 1 is 0.932 bits per heavy atom. The number of likely N-dealkylation sites (N-methyl/N-ethyl adjacent to an activating group) is 1. The van der Waals surface area contributed by atoms with Crippen molar-refractivity contribution in [2.24, 2.45) is 23.7 Å². The Labute approximate surface area is 344 Å². The molecule has 18 heteroatoms. The van der Waals surface area contributed by atoms with Crippen LogP contribution in [0.4, 0.5) is 18.9 Å². The molecule has 0 bridgehead atoms. The van der Waals surface area contributed by atoms with Gasteiger partial charge in [0.05, 0.1) is 53.9 Å². The van der Waals surface area contributed by atoms with Gasteiger partial charge in [-0.1, -0.05) is 71.4 Å². The molecule has 1 heterocycles. The van der Waals surface area contributed by atoms with Crippen molar-refractivity contribution in [2.75, 3.05) is 33.1 Å². The summed E-state index contributed by atoms with van der Waals surface area (Å²) in [4.78, 5) is 68.5. The number of ether oxygens (including phenoxy) is 3. The molecule has 59 heavy (non-hydrogen) atoms. The molecule has 7 atom stereocenters. The van der Waals surface area contributed by atoms with E-state index in [-0.39, 0.29) is 48.8 Å². The van der Waals surface area contributed by atoms with Crippen molar-refractivity contribution in [3.05, 3.63) is 60.2 Å². The Morgan fingerprint density at radius 2 is 1.56 bits per heavy atom. The molecular formula is C41H57F3N4O10S. The van der Waals surface area contributed by atoms with Crippen molar-refractivity contribution in [3.8, 4) is 0 Å². The molecule has 2 aromatic rings. The van der Waals surface area contributed by atoms with Crippen LogP contribution in [0.15, 0.2) is 59.5 Å². The molecule has 2 N–H and O–H groups in total. The van der Waals surface area contributed by atoms with Gasteiger partial charge >= 0.3 is 18.1 Å². The van der Waals surface area contributed by atoms with Gasteiger partial charge in [-0.15, -0.1) is 0 Å². The summed E-state index contributed by atoms with van der Waals surface area (Å²) in [6.45, 7) is 9.50. The van der Waals surface area contributed by atoms with Gasteiger partial charge in [0, 0.05) is 33.5 Å². The molecule has 2 aromatic carbocycles. The predicted molar refractivity (Wildman–Crippen MR) is 212 cm³/mol. The van der Waals surface area contributed by atoms with Crippen molar-refractivity contribution in [1.82, 2.24) is 14.5 Å². The molecule has 0 aromatic heterocycles. The Bertz CT molecular complexity index is 1850. The summed E-state index contributed by atoms with van der Waals surface area (Å²) in [6, 6.07) is 11.8. The summed E-state index contributed by atoms with van der Waals surface area (Å²) in [7, 11) is -0.0506. The van der Waals surface area contributed by atoms with Crippen LogP contribution in [0.1, 0.15) is 72.3 Å². The minimum Gasteiger partial charge on any atom is -0.461 e. The number of esters is 1. The van der Waals surface area contributed by atoms with Gasteiger partial charge in [-0.05, 0) is 54.5 Å². The Balaban J connectivity index is 1.73. The zero-order valence-electron chi connectivity index (χ0n) is 34.8. The number of halogens is 3. The molecule has 0 spiro atoms. The van der Waals surface area contributed by atoms with Crippen LogP contribution in [0.3, 0.4) is 0 Å². The topological polar surface area (TPSA) is 178 Å². The number of nitrogens with zero attached hydrogens (tertiary/aromatic N) is 2. The zero-order chi connectivity index (χ0) is 44.2. The predicted octanol–water partition coefficient (Wildman–Crippen LogP) is 5.32. The fourth-order valence-electron chi connectivity index (χ4n) is 7.36. The van der Waals surface area contributed by atoms with Crippen LogP contribution in [0.2, 0.25) is 0 Å². The van der Waals surface area contributed by atoms with Crippen molar-refractivity contribution >= 4 is 45.3 Å². The van der Waals surface area contributed by atoms with E-state index in [0.29, 0.717) is 25.8 Å². The number of carbonyl (C=O) groups is 5. The first-order valence-electron chi connectivity index (χ1n) is 19.5. The molecule has 1 fully saturated rings. The van der Waals surface area contributed by atoms with Crippen LogP contribution in [0.5, 0.6) is 0 Å². The first-order chi connectivity index (χ1) is 27.7. The third kappa shape index (κ3) is 13.2. The van der Waals surface area contributed by atoms with Gasteiger partial charge in [0.1, 0.15) is 6.61 Å². The van der Waals surface area contributed by atoms with Gasteiger partial charge in [-0.3, -0.25) is 24.0 Å². The first kappa shape index (κ1) is 48.8. The number of anilines is 1. The molecule has 1 aliphatic rings. The number of hydrogen-bond donors (Lipinski definition) is 2. The minimum atomic E-state index is -5.15. The molecule has 0 aliphatic carbocycles. The molecule has 1 saturated heterocycles. The highest BCUT2D eigenvalue weighted by molar-refractivity contribution is 7.90. The highest BCUT2D eigenvalue weighted by atomic mass is 32.2. The Kier molecular flexibility index (Phi) is 17.9. The van der Waals surface area contributed by atoms with E-state index in [4.69, 9.17) is 14.2 Å². The van der Waals surface area contributed by atoms with Crippen LogP contribution in [0.25, 0.3) is 0 Å². The number of alkyl halides is 3. The Morgan fingerprint density at radius 3 is 2.10 bits per heavy atom. The normalized spacial score (nSPS) is 17.6. The van der Waals surface area contributed by atoms with E-state index in [2.05, 4.69) is 0 Å². The second-order valence-electron chi connectivity index (χ2n) is 15.2. The minimum absolute atomic E-state index is 0.0818. The van der Waals surface area contributed by atoms with Gasteiger partial charge in [-0.2, -0.15) is 13.2 Å². The summed E-state index contributed by atoms with van der Waals surface area (Å²) in [6.07, 6.45) is -5.45. The number of sulfonamides is 1. The fourth-order valence-corrected chi connectivity index (χ4v) is 8.42. The number of carbonyl (C=O) groups excluding carboxylic acids is 5. The van der Waals surface area contributed by atoms with Gasteiger partial charge in [0.25, 0.3) is 10.0 Å². The van der Waals surface area contributed by atoms with E-state index in [1.165, 1.54) is 21.1 Å². The molecular weight excluding hydrogens is 798 g/mol. The standard InChI is InChI=1S/C41H57F3N4O10S/c1-9-26(4)36(47(6)39(52)31(25(2)3)22-35(50)58-24-28-14-11-10-12-15-28)33(56-7)23-34(49)48-21-13-16-32(48)37(57-8)27(5)38(51)46-59(54,55)30-19-17-29(18-20-30)45-40(53)41(42,43)44/h10-12,14-15,17-20,25-27,31-33,36-37H,9,13,16,21-24H2,1-8H3,(H,45,53)(H,46,51)/t26-,27+,31-,32-,33+,36-,37+/m0/s1. The van der Waals surface area contributed by atoms with E-state index in [9.17, 15) is 45.6 Å². The number of likely N-dealkylation sites (tertiary alicyclic amines) is 1. The van der Waals surface area contributed by atoms with Crippen molar-refractivity contribution in [3.63, 3.8) is 0 Å². The molecule has 1 aliphatic heterocycles. The first-order valence-corrected chi connectivity index (χ1v) is 21.0. The van der Waals surface area contributed by atoms with Crippen molar-refractivity contribution < 1.29 is 59.8 Å². The second kappa shape index (κ2) is 21.6. The largest absolute Gasteiger partial charge is 0.471 e. The lowest BCUT2D eigenvalue weighted by Crippen LogP contribution is -2.54. The SMILES string of the molecule is CC[C@H](C)[C@@H]([C@@H](CC(=O)N1CCC[C@H]1[C@H](OC)[C@@H](C)C(=O)NS(=O)(=O)c1ccc(NC(=O)C(F)(F)F)cc1)OC)N(C)C(=O)[C@@H](CC(=O)OCc1ccccc1)C(C)C. The monoisotopic (exact) mass is 854 g/mol. The average molecular weight is 855 g/mol. The lowest BCUT2D eigenvalue weighted by atomic mass is 9.87. The molecule has 0 saturated carbocycles. The Hall–Kier alpha value is -4.55. The van der Waals surface area contributed by atoms with Gasteiger partial charge in [0.2, 0.25) is 17.7 Å². The number of rotatable bonds is 20. The lowest BCUT2D eigenvalue weighted by Gasteiger charge is -2.40. The highest BCUT2D eigenvalue weighted by Gasteiger charge is 2.43. The van der Waals surface area contributed by atoms with Crippen LogP contribution in [0, 0.1) is 23.7 Å². The second-order valence-corrected chi connectivity index (χ2v) is 16.9. The summed E-state index contributed by atoms with van der Waals surface area (Å²) in [5.74, 6) is -6.41. The quantitative estimate of drug-likeness (QED) is 0.166. The molecule has 328 valence electrons. The number of methoxy groups -OCH3 is 2. The van der Waals surface area contributed by atoms with E-state index in [1.807, 2.05) is 62.7 Å². The number of amides is 4. The van der Waals surface area contributed by atoms with Gasteiger partial charge in [-0.25, -0.2) is 13.1 Å². The smallest absolute Gasteiger partial charge is 0.461 e. The lowest BCUT2D eigenvalue weighted by molar-refractivity contribution is -0.167. The van der Waals surface area contributed by atoms with Crippen molar-refractivity contribution in [1.29, 1.82) is 0 Å². The number of nitrogens with one attached hydrogen (secondary N) is 2. The number of hydrogen-bond acceptors (Lipinski definition) is 10. The van der Waals surface area contributed by atoms with Gasteiger partial charge in [0.15, 0.2) is 0 Å². The maximum atomic E-state index is 14.1. The van der Waals surface area contributed by atoms with Crippen LogP contribution >= 0.6 is 0 Å².